The predicted octanol–water partition coefficient (Wildman–Crippen LogP) is 3.61. The highest BCUT2D eigenvalue weighted by Crippen LogP contribution is 2.26. The number of aromatic nitrogens is 1. The van der Waals surface area contributed by atoms with Crippen LogP contribution in [0, 0.1) is 23.2 Å². The maximum atomic E-state index is 8.77. The molecule has 0 radical (unpaired) electrons. The molecule has 3 nitrogen and oxygen atoms in total. The average Bonchev–Trinajstić information content (AvgIpc) is 2.46. The zero-order valence-corrected chi connectivity index (χ0v) is 12.0. The molecular formula is C16H23N3. The molecule has 2 rings (SSSR count). The number of nitrogens with zero attached hydrogens (tertiary/aromatic N) is 3. The topological polar surface area (TPSA) is 39.9 Å². The summed E-state index contributed by atoms with van der Waals surface area (Å²) < 4.78 is 0. The van der Waals surface area contributed by atoms with Crippen LogP contribution in [-0.4, -0.2) is 18.1 Å². The molecule has 0 N–H and O–H groups in total. The Bertz CT molecular complexity index is 422. The molecule has 1 aliphatic rings. The maximum Gasteiger partial charge on any atom is 0.128 e. The summed E-state index contributed by atoms with van der Waals surface area (Å²) in [6.07, 6.45) is 6.93. The van der Waals surface area contributed by atoms with Gasteiger partial charge < -0.3 is 4.90 Å². The number of nitriles is 1. The third-order valence-corrected chi connectivity index (χ3v) is 3.97. The SMILES string of the molecule is CC(C)CCC1CCN(c2ccc(C#N)cn2)CC1. The summed E-state index contributed by atoms with van der Waals surface area (Å²) in [7, 11) is 0. The van der Waals surface area contributed by atoms with Crippen LogP contribution in [-0.2, 0) is 0 Å². The van der Waals surface area contributed by atoms with Crippen molar-refractivity contribution in [2.24, 2.45) is 11.8 Å². The quantitative estimate of drug-likeness (QED) is 0.827. The van der Waals surface area contributed by atoms with E-state index in [2.05, 4.69) is 29.8 Å². The third kappa shape index (κ3) is 3.96. The predicted molar refractivity (Wildman–Crippen MR) is 78.0 cm³/mol. The highest BCUT2D eigenvalue weighted by molar-refractivity contribution is 5.42. The van der Waals surface area contributed by atoms with E-state index in [0.717, 1.165) is 30.7 Å². The van der Waals surface area contributed by atoms with Crippen LogP contribution in [0.2, 0.25) is 0 Å². The number of anilines is 1. The molecular weight excluding hydrogens is 234 g/mol. The standard InChI is InChI=1S/C16H23N3/c1-13(2)3-4-14-7-9-19(10-8-14)16-6-5-15(11-17)12-18-16/h5-6,12-14H,3-4,7-10H2,1-2H3. The molecule has 102 valence electrons. The summed E-state index contributed by atoms with van der Waals surface area (Å²) in [6, 6.07) is 5.93. The molecule has 19 heavy (non-hydrogen) atoms. The summed E-state index contributed by atoms with van der Waals surface area (Å²) >= 11 is 0. The van der Waals surface area contributed by atoms with Crippen LogP contribution in [0.5, 0.6) is 0 Å². The first kappa shape index (κ1) is 13.9. The number of hydrogen-bond acceptors (Lipinski definition) is 3. The molecule has 0 aliphatic carbocycles. The highest BCUT2D eigenvalue weighted by atomic mass is 15.2. The minimum Gasteiger partial charge on any atom is -0.357 e. The molecule has 0 bridgehead atoms. The first-order valence-electron chi connectivity index (χ1n) is 7.30. The average molecular weight is 257 g/mol. The van der Waals surface area contributed by atoms with Crippen molar-refractivity contribution in [3.05, 3.63) is 23.9 Å². The molecule has 1 aliphatic heterocycles. The second kappa shape index (κ2) is 6.56. The Morgan fingerprint density at radius 3 is 2.63 bits per heavy atom. The van der Waals surface area contributed by atoms with Crippen molar-refractivity contribution in [3.63, 3.8) is 0 Å². The smallest absolute Gasteiger partial charge is 0.128 e. The van der Waals surface area contributed by atoms with Crippen molar-refractivity contribution >= 4 is 5.82 Å². The maximum absolute atomic E-state index is 8.77. The van der Waals surface area contributed by atoms with Crippen molar-refractivity contribution in [1.82, 2.24) is 4.98 Å². The molecule has 0 amide bonds. The highest BCUT2D eigenvalue weighted by Gasteiger charge is 2.20. The van der Waals surface area contributed by atoms with Gasteiger partial charge in [-0.2, -0.15) is 5.26 Å². The van der Waals surface area contributed by atoms with Crippen LogP contribution in [0.3, 0.4) is 0 Å². The lowest BCUT2D eigenvalue weighted by molar-refractivity contribution is 0.351. The summed E-state index contributed by atoms with van der Waals surface area (Å²) in [5, 5.41) is 8.77. The zero-order chi connectivity index (χ0) is 13.7. The summed E-state index contributed by atoms with van der Waals surface area (Å²) in [5.41, 5.74) is 0.635. The van der Waals surface area contributed by atoms with E-state index >= 15 is 0 Å². The van der Waals surface area contributed by atoms with Gasteiger partial charge in [-0.05, 0) is 36.8 Å². The Morgan fingerprint density at radius 1 is 1.37 bits per heavy atom. The van der Waals surface area contributed by atoms with Crippen LogP contribution >= 0.6 is 0 Å². The van der Waals surface area contributed by atoms with E-state index in [-0.39, 0.29) is 0 Å². The summed E-state index contributed by atoms with van der Waals surface area (Å²) in [4.78, 5) is 6.72. The van der Waals surface area contributed by atoms with E-state index in [1.165, 1.54) is 25.7 Å². The van der Waals surface area contributed by atoms with Crippen molar-refractivity contribution in [2.45, 2.75) is 39.5 Å². The van der Waals surface area contributed by atoms with E-state index in [4.69, 9.17) is 5.26 Å². The fraction of sp³-hybridized carbons (Fsp3) is 0.625. The normalized spacial score (nSPS) is 16.6. The van der Waals surface area contributed by atoms with Gasteiger partial charge in [0.1, 0.15) is 11.9 Å². The molecule has 0 unspecified atom stereocenters. The minimum absolute atomic E-state index is 0.635. The fourth-order valence-electron chi connectivity index (χ4n) is 2.66. The van der Waals surface area contributed by atoms with Gasteiger partial charge in [0.25, 0.3) is 0 Å². The number of pyridine rings is 1. The molecule has 2 heterocycles. The third-order valence-electron chi connectivity index (χ3n) is 3.97. The lowest BCUT2D eigenvalue weighted by Gasteiger charge is -2.33. The first-order chi connectivity index (χ1) is 9.19. The van der Waals surface area contributed by atoms with Gasteiger partial charge in [-0.25, -0.2) is 4.98 Å². The Kier molecular flexibility index (Phi) is 4.79. The lowest BCUT2D eigenvalue weighted by Crippen LogP contribution is -2.34. The van der Waals surface area contributed by atoms with Crippen LogP contribution in [0.1, 0.15) is 45.1 Å². The van der Waals surface area contributed by atoms with Gasteiger partial charge in [-0.1, -0.05) is 26.7 Å². The van der Waals surface area contributed by atoms with Crippen molar-refractivity contribution in [3.8, 4) is 6.07 Å². The number of hydrogen-bond donors (Lipinski definition) is 0. The first-order valence-corrected chi connectivity index (χ1v) is 7.30. The van der Waals surface area contributed by atoms with E-state index < -0.39 is 0 Å². The zero-order valence-electron chi connectivity index (χ0n) is 12.0. The molecule has 3 heteroatoms. The molecule has 0 spiro atoms. The molecule has 0 aromatic carbocycles. The second-order valence-corrected chi connectivity index (χ2v) is 5.92. The van der Waals surface area contributed by atoms with Gasteiger partial charge in [0.2, 0.25) is 0 Å². The Labute approximate surface area is 116 Å². The van der Waals surface area contributed by atoms with E-state index in [0.29, 0.717) is 5.56 Å². The Morgan fingerprint density at radius 2 is 2.11 bits per heavy atom. The summed E-state index contributed by atoms with van der Waals surface area (Å²) in [5.74, 6) is 2.72. The molecule has 0 saturated carbocycles. The van der Waals surface area contributed by atoms with Gasteiger partial charge in [-0.3, -0.25) is 0 Å². The van der Waals surface area contributed by atoms with Gasteiger partial charge in [0.15, 0.2) is 0 Å². The van der Waals surface area contributed by atoms with Crippen molar-refractivity contribution in [1.29, 1.82) is 5.26 Å². The monoisotopic (exact) mass is 257 g/mol. The van der Waals surface area contributed by atoms with Crippen LogP contribution in [0.25, 0.3) is 0 Å². The molecule has 1 saturated heterocycles. The molecule has 1 aromatic heterocycles. The van der Waals surface area contributed by atoms with Crippen LogP contribution in [0.15, 0.2) is 18.3 Å². The second-order valence-electron chi connectivity index (χ2n) is 5.92. The minimum atomic E-state index is 0.635. The number of piperidine rings is 1. The van der Waals surface area contributed by atoms with E-state index in [1.54, 1.807) is 6.20 Å². The van der Waals surface area contributed by atoms with E-state index in [9.17, 15) is 0 Å². The van der Waals surface area contributed by atoms with Gasteiger partial charge in [0.05, 0.1) is 5.56 Å². The largest absolute Gasteiger partial charge is 0.357 e. The molecule has 1 aromatic rings. The fourth-order valence-corrected chi connectivity index (χ4v) is 2.66. The molecule has 1 fully saturated rings. The van der Waals surface area contributed by atoms with Crippen molar-refractivity contribution in [2.75, 3.05) is 18.0 Å². The van der Waals surface area contributed by atoms with Crippen LogP contribution < -0.4 is 4.90 Å². The van der Waals surface area contributed by atoms with Crippen molar-refractivity contribution < 1.29 is 0 Å². The summed E-state index contributed by atoms with van der Waals surface area (Å²) in [6.45, 7) is 6.80. The van der Waals surface area contributed by atoms with E-state index in [1.807, 2.05) is 12.1 Å². The molecule has 0 atom stereocenters. The Balaban J connectivity index is 1.84. The lowest BCUT2D eigenvalue weighted by atomic mass is 9.90. The van der Waals surface area contributed by atoms with Gasteiger partial charge >= 0.3 is 0 Å². The Hall–Kier alpha value is -1.56. The van der Waals surface area contributed by atoms with Crippen LogP contribution in [0.4, 0.5) is 5.82 Å². The van der Waals surface area contributed by atoms with Gasteiger partial charge in [-0.15, -0.1) is 0 Å². The number of rotatable bonds is 4. The van der Waals surface area contributed by atoms with Gasteiger partial charge in [0, 0.05) is 19.3 Å².